The van der Waals surface area contributed by atoms with Crippen LogP contribution >= 0.6 is 0 Å². The number of anilines is 1. The first-order valence-corrected chi connectivity index (χ1v) is 8.56. The van der Waals surface area contributed by atoms with Crippen molar-refractivity contribution in [1.82, 2.24) is 4.90 Å². The molecule has 1 heterocycles. The normalized spacial score (nSPS) is 15.6. The molecule has 0 aliphatic carbocycles. The van der Waals surface area contributed by atoms with Gasteiger partial charge in [-0.3, -0.25) is 4.79 Å². The number of ether oxygens (including phenoxy) is 2. The topological polar surface area (TPSA) is 59.1 Å². The Balaban J connectivity index is 1.84. The number of hydrogen-bond donors (Lipinski definition) is 0. The van der Waals surface area contributed by atoms with E-state index in [9.17, 15) is 9.59 Å². The summed E-state index contributed by atoms with van der Waals surface area (Å²) in [5, 5.41) is 0. The Morgan fingerprint density at radius 1 is 1.20 bits per heavy atom. The van der Waals surface area contributed by atoms with E-state index in [0.717, 1.165) is 31.9 Å². The van der Waals surface area contributed by atoms with Gasteiger partial charge in [0.2, 0.25) is 5.91 Å². The van der Waals surface area contributed by atoms with Crippen LogP contribution in [0.4, 0.5) is 5.69 Å². The molecule has 6 nitrogen and oxygen atoms in total. The Bertz CT molecular complexity index is 592. The second-order valence-corrected chi connectivity index (χ2v) is 6.00. The largest absolute Gasteiger partial charge is 0.425 e. The van der Waals surface area contributed by atoms with Crippen molar-refractivity contribution in [3.05, 3.63) is 36.9 Å². The highest BCUT2D eigenvalue weighted by Crippen LogP contribution is 2.21. The lowest BCUT2D eigenvalue weighted by atomic mass is 10.2. The first-order chi connectivity index (χ1) is 12.0. The maximum atomic E-state index is 12.0. The molecule has 136 valence electrons. The van der Waals surface area contributed by atoms with Gasteiger partial charge in [0.05, 0.1) is 6.61 Å². The summed E-state index contributed by atoms with van der Waals surface area (Å²) in [6.45, 7) is 10.4. The molecule has 0 radical (unpaired) electrons. The maximum Gasteiger partial charge on any atom is 0.340 e. The van der Waals surface area contributed by atoms with Crippen LogP contribution in [-0.4, -0.2) is 55.7 Å². The van der Waals surface area contributed by atoms with Gasteiger partial charge < -0.3 is 19.3 Å². The van der Waals surface area contributed by atoms with E-state index in [2.05, 4.69) is 11.5 Å². The van der Waals surface area contributed by atoms with Crippen LogP contribution in [-0.2, 0) is 14.3 Å². The van der Waals surface area contributed by atoms with E-state index in [1.54, 1.807) is 32.1 Å². The molecule has 1 amide bonds. The fraction of sp³-hybridized carbons (Fsp3) is 0.474. The summed E-state index contributed by atoms with van der Waals surface area (Å²) in [6, 6.07) is 7.41. The fourth-order valence-electron chi connectivity index (χ4n) is 2.60. The van der Waals surface area contributed by atoms with Crippen molar-refractivity contribution in [2.75, 3.05) is 37.7 Å². The summed E-state index contributed by atoms with van der Waals surface area (Å²) in [5.74, 6) is 0.202. The number of benzene rings is 1. The number of piperazine rings is 1. The van der Waals surface area contributed by atoms with E-state index in [-0.39, 0.29) is 5.91 Å². The second kappa shape index (κ2) is 9.22. The summed E-state index contributed by atoms with van der Waals surface area (Å²) in [7, 11) is 0. The molecule has 2 rings (SSSR count). The highest BCUT2D eigenvalue weighted by molar-refractivity contribution is 5.77. The molecule has 0 saturated carbocycles. The maximum absolute atomic E-state index is 12.0. The third-order valence-corrected chi connectivity index (χ3v) is 4.17. The summed E-state index contributed by atoms with van der Waals surface area (Å²) >= 11 is 0. The lowest BCUT2D eigenvalue weighted by Gasteiger charge is -2.35. The van der Waals surface area contributed by atoms with E-state index in [0.29, 0.717) is 18.8 Å². The Labute approximate surface area is 149 Å². The molecule has 25 heavy (non-hydrogen) atoms. The van der Waals surface area contributed by atoms with Crippen molar-refractivity contribution in [3.63, 3.8) is 0 Å². The lowest BCUT2D eigenvalue weighted by molar-refractivity contribution is -0.146. The van der Waals surface area contributed by atoms with E-state index in [4.69, 9.17) is 9.47 Å². The molecule has 6 heteroatoms. The fourth-order valence-corrected chi connectivity index (χ4v) is 2.60. The molecule has 1 aromatic rings. The SMILES string of the molecule is C=CCCOC(C)C(=O)Oc1ccc(N2CCN(C(C)=O)CC2)cc1. The molecule has 1 aliphatic heterocycles. The van der Waals surface area contributed by atoms with E-state index >= 15 is 0 Å². The van der Waals surface area contributed by atoms with Gasteiger partial charge >= 0.3 is 5.97 Å². The molecule has 1 fully saturated rings. The van der Waals surface area contributed by atoms with E-state index in [1.807, 2.05) is 17.0 Å². The summed E-state index contributed by atoms with van der Waals surface area (Å²) in [6.07, 6.45) is 1.83. The zero-order valence-electron chi connectivity index (χ0n) is 14.9. The molecule has 0 N–H and O–H groups in total. The Hall–Kier alpha value is -2.34. The van der Waals surface area contributed by atoms with Crippen molar-refractivity contribution in [3.8, 4) is 5.75 Å². The van der Waals surface area contributed by atoms with Gasteiger partial charge in [-0.2, -0.15) is 0 Å². The van der Waals surface area contributed by atoms with Crippen LogP contribution in [0, 0.1) is 0 Å². The molecule has 0 bridgehead atoms. The van der Waals surface area contributed by atoms with Crippen LogP contribution in [0.1, 0.15) is 20.3 Å². The second-order valence-electron chi connectivity index (χ2n) is 6.00. The molecule has 1 unspecified atom stereocenters. The van der Waals surface area contributed by atoms with Crippen LogP contribution in [0.25, 0.3) is 0 Å². The molecular formula is C19H26N2O4. The van der Waals surface area contributed by atoms with Gasteiger partial charge in [-0.05, 0) is 37.6 Å². The summed E-state index contributed by atoms with van der Waals surface area (Å²) in [4.78, 5) is 27.4. The van der Waals surface area contributed by atoms with Gasteiger partial charge in [0, 0.05) is 38.8 Å². The number of esters is 1. The smallest absolute Gasteiger partial charge is 0.340 e. The Morgan fingerprint density at radius 2 is 1.84 bits per heavy atom. The van der Waals surface area contributed by atoms with Gasteiger partial charge in [0.1, 0.15) is 5.75 Å². The summed E-state index contributed by atoms with van der Waals surface area (Å²) < 4.78 is 10.7. The molecule has 1 aliphatic rings. The average molecular weight is 346 g/mol. The van der Waals surface area contributed by atoms with Crippen molar-refractivity contribution < 1.29 is 19.1 Å². The van der Waals surface area contributed by atoms with Gasteiger partial charge in [-0.15, -0.1) is 6.58 Å². The molecule has 1 atom stereocenters. The Kier molecular flexibility index (Phi) is 7.01. The zero-order chi connectivity index (χ0) is 18.2. The van der Waals surface area contributed by atoms with E-state index in [1.165, 1.54) is 0 Å². The molecule has 0 spiro atoms. The minimum absolute atomic E-state index is 0.117. The lowest BCUT2D eigenvalue weighted by Crippen LogP contribution is -2.48. The molecule has 0 aromatic heterocycles. The number of rotatable bonds is 7. The number of amides is 1. The molecular weight excluding hydrogens is 320 g/mol. The van der Waals surface area contributed by atoms with Gasteiger partial charge in [-0.1, -0.05) is 6.08 Å². The van der Waals surface area contributed by atoms with Crippen LogP contribution < -0.4 is 9.64 Å². The van der Waals surface area contributed by atoms with Crippen LogP contribution in [0.15, 0.2) is 36.9 Å². The van der Waals surface area contributed by atoms with Crippen molar-refractivity contribution in [2.45, 2.75) is 26.4 Å². The molecule has 1 aromatic carbocycles. The van der Waals surface area contributed by atoms with Gasteiger partial charge in [0.25, 0.3) is 0 Å². The highest BCUT2D eigenvalue weighted by Gasteiger charge is 2.19. The number of carbonyl (C=O) groups excluding carboxylic acids is 2. The zero-order valence-corrected chi connectivity index (χ0v) is 14.9. The van der Waals surface area contributed by atoms with Gasteiger partial charge in [0.15, 0.2) is 6.10 Å². The predicted octanol–water partition coefficient (Wildman–Crippen LogP) is 2.24. The minimum atomic E-state index is -0.612. The minimum Gasteiger partial charge on any atom is -0.425 e. The van der Waals surface area contributed by atoms with Crippen LogP contribution in [0.2, 0.25) is 0 Å². The van der Waals surface area contributed by atoms with Crippen molar-refractivity contribution in [2.24, 2.45) is 0 Å². The number of hydrogen-bond acceptors (Lipinski definition) is 5. The van der Waals surface area contributed by atoms with Crippen LogP contribution in [0.3, 0.4) is 0 Å². The average Bonchev–Trinajstić information content (AvgIpc) is 2.62. The molecule has 1 saturated heterocycles. The van der Waals surface area contributed by atoms with Crippen LogP contribution in [0.5, 0.6) is 5.75 Å². The number of nitrogens with zero attached hydrogens (tertiary/aromatic N) is 2. The van der Waals surface area contributed by atoms with Crippen molar-refractivity contribution in [1.29, 1.82) is 0 Å². The first kappa shape index (κ1) is 19.0. The number of carbonyl (C=O) groups is 2. The third kappa shape index (κ3) is 5.60. The standard InChI is InChI=1S/C19H26N2O4/c1-4-5-14-24-15(2)19(23)25-18-8-6-17(7-9-18)21-12-10-20(11-13-21)16(3)22/h4,6-9,15H,1,5,10-14H2,2-3H3. The van der Waals surface area contributed by atoms with Gasteiger partial charge in [-0.25, -0.2) is 4.79 Å². The monoisotopic (exact) mass is 346 g/mol. The highest BCUT2D eigenvalue weighted by atomic mass is 16.6. The quantitative estimate of drug-likeness (QED) is 0.328. The van der Waals surface area contributed by atoms with Crippen molar-refractivity contribution >= 4 is 17.6 Å². The first-order valence-electron chi connectivity index (χ1n) is 8.56. The Morgan fingerprint density at radius 3 is 2.40 bits per heavy atom. The summed E-state index contributed by atoms with van der Waals surface area (Å²) in [5.41, 5.74) is 1.05. The third-order valence-electron chi connectivity index (χ3n) is 4.17. The van der Waals surface area contributed by atoms with E-state index < -0.39 is 12.1 Å². The predicted molar refractivity (Wildman–Crippen MR) is 96.8 cm³/mol.